The maximum atomic E-state index is 12.9. The molecule has 0 aliphatic rings. The van der Waals surface area contributed by atoms with Gasteiger partial charge in [0, 0.05) is 6.07 Å². The Bertz CT molecular complexity index is 809. The van der Waals surface area contributed by atoms with Crippen molar-refractivity contribution < 1.29 is 21.9 Å². The molecule has 0 N–H and O–H groups in total. The predicted molar refractivity (Wildman–Crippen MR) is 72.3 cm³/mol. The molecule has 2 aromatic carbocycles. The summed E-state index contributed by atoms with van der Waals surface area (Å²) in [5.41, 5.74) is -0.629. The SMILES string of the molecule is O=[N+]([O-])c1ccccc1S(=O)(=O)Oc1ccc(F)cc1Cl. The zero-order valence-corrected chi connectivity index (χ0v) is 11.8. The van der Waals surface area contributed by atoms with Crippen LogP contribution < -0.4 is 4.18 Å². The first-order chi connectivity index (χ1) is 9.81. The van der Waals surface area contributed by atoms with Crippen LogP contribution in [0.15, 0.2) is 47.4 Å². The van der Waals surface area contributed by atoms with Gasteiger partial charge in [0.05, 0.1) is 9.95 Å². The van der Waals surface area contributed by atoms with Gasteiger partial charge in [-0.1, -0.05) is 23.7 Å². The van der Waals surface area contributed by atoms with Crippen molar-refractivity contribution in [2.45, 2.75) is 4.90 Å². The van der Waals surface area contributed by atoms with E-state index >= 15 is 0 Å². The lowest BCUT2D eigenvalue weighted by molar-refractivity contribution is -0.387. The van der Waals surface area contributed by atoms with Crippen LogP contribution in [0.25, 0.3) is 0 Å². The molecule has 0 spiro atoms. The van der Waals surface area contributed by atoms with E-state index < -0.39 is 31.4 Å². The number of rotatable bonds is 4. The van der Waals surface area contributed by atoms with Crippen LogP contribution >= 0.6 is 11.6 Å². The quantitative estimate of drug-likeness (QED) is 0.488. The number of nitrogens with zero attached hydrogens (tertiary/aromatic N) is 1. The number of benzene rings is 2. The van der Waals surface area contributed by atoms with Gasteiger partial charge in [0.1, 0.15) is 5.82 Å². The van der Waals surface area contributed by atoms with Gasteiger partial charge in [0.2, 0.25) is 0 Å². The lowest BCUT2D eigenvalue weighted by atomic mass is 10.3. The molecule has 0 heterocycles. The molecule has 0 atom stereocenters. The van der Waals surface area contributed by atoms with E-state index in [1.807, 2.05) is 0 Å². The predicted octanol–water partition coefficient (Wildman–Crippen LogP) is 3.16. The summed E-state index contributed by atoms with van der Waals surface area (Å²) < 4.78 is 41.8. The number of hydrogen-bond acceptors (Lipinski definition) is 5. The molecule has 0 saturated heterocycles. The monoisotopic (exact) mass is 331 g/mol. The first-order valence-electron chi connectivity index (χ1n) is 5.44. The second-order valence-electron chi connectivity index (χ2n) is 3.84. The standard InChI is InChI=1S/C12H7ClFNO5S/c13-9-7-8(14)5-6-11(9)20-21(18,19)12-4-2-1-3-10(12)15(16)17/h1-7H. The molecule has 0 aromatic heterocycles. The van der Waals surface area contributed by atoms with E-state index in [1.54, 1.807) is 0 Å². The third kappa shape index (κ3) is 3.29. The van der Waals surface area contributed by atoms with Crippen LogP contribution in [0.1, 0.15) is 0 Å². The topological polar surface area (TPSA) is 86.5 Å². The minimum Gasteiger partial charge on any atom is -0.377 e. The van der Waals surface area contributed by atoms with Gasteiger partial charge >= 0.3 is 10.1 Å². The van der Waals surface area contributed by atoms with Crippen molar-refractivity contribution in [1.29, 1.82) is 0 Å². The molecule has 0 aliphatic heterocycles. The highest BCUT2D eigenvalue weighted by atomic mass is 35.5. The first-order valence-corrected chi connectivity index (χ1v) is 7.23. The van der Waals surface area contributed by atoms with E-state index in [2.05, 4.69) is 0 Å². The summed E-state index contributed by atoms with van der Waals surface area (Å²) in [6.07, 6.45) is 0. The summed E-state index contributed by atoms with van der Waals surface area (Å²) in [7, 11) is -4.47. The van der Waals surface area contributed by atoms with Crippen molar-refractivity contribution in [3.63, 3.8) is 0 Å². The highest BCUT2D eigenvalue weighted by molar-refractivity contribution is 7.87. The molecule has 110 valence electrons. The van der Waals surface area contributed by atoms with Gasteiger partial charge in [-0.2, -0.15) is 8.42 Å². The average molecular weight is 332 g/mol. The zero-order chi connectivity index (χ0) is 15.6. The first kappa shape index (κ1) is 15.2. The summed E-state index contributed by atoms with van der Waals surface area (Å²) in [4.78, 5) is 9.38. The van der Waals surface area contributed by atoms with Crippen molar-refractivity contribution in [2.24, 2.45) is 0 Å². The van der Waals surface area contributed by atoms with E-state index in [1.165, 1.54) is 12.1 Å². The van der Waals surface area contributed by atoms with E-state index in [-0.39, 0.29) is 10.8 Å². The van der Waals surface area contributed by atoms with Gasteiger partial charge < -0.3 is 4.18 Å². The Morgan fingerprint density at radius 2 is 1.86 bits per heavy atom. The molecular weight excluding hydrogens is 325 g/mol. The van der Waals surface area contributed by atoms with Crippen molar-refractivity contribution >= 4 is 27.4 Å². The Morgan fingerprint density at radius 1 is 1.19 bits per heavy atom. The Balaban J connectivity index is 2.46. The minimum atomic E-state index is -4.47. The second-order valence-corrected chi connectivity index (χ2v) is 5.76. The van der Waals surface area contributed by atoms with E-state index in [0.717, 1.165) is 30.3 Å². The Hall–Kier alpha value is -2.19. The van der Waals surface area contributed by atoms with Crippen molar-refractivity contribution in [2.75, 3.05) is 0 Å². The van der Waals surface area contributed by atoms with Crippen LogP contribution in [0.5, 0.6) is 5.75 Å². The van der Waals surface area contributed by atoms with Crippen LogP contribution in [0.3, 0.4) is 0 Å². The lowest BCUT2D eigenvalue weighted by Crippen LogP contribution is -2.12. The van der Waals surface area contributed by atoms with E-state index in [4.69, 9.17) is 15.8 Å². The summed E-state index contributed by atoms with van der Waals surface area (Å²) in [6.45, 7) is 0. The Morgan fingerprint density at radius 3 is 2.48 bits per heavy atom. The third-order valence-corrected chi connectivity index (χ3v) is 4.00. The number of halogens is 2. The fraction of sp³-hybridized carbons (Fsp3) is 0. The molecule has 0 saturated carbocycles. The van der Waals surface area contributed by atoms with Gasteiger partial charge in [-0.05, 0) is 24.3 Å². The molecule has 0 fully saturated rings. The molecule has 0 bridgehead atoms. The summed E-state index contributed by atoms with van der Waals surface area (Å²) >= 11 is 5.66. The average Bonchev–Trinajstić information content (AvgIpc) is 2.42. The Kier molecular flexibility index (Phi) is 4.10. The zero-order valence-electron chi connectivity index (χ0n) is 10.2. The lowest BCUT2D eigenvalue weighted by Gasteiger charge is -2.08. The van der Waals surface area contributed by atoms with Crippen LogP contribution in [0, 0.1) is 15.9 Å². The van der Waals surface area contributed by atoms with Crippen LogP contribution in [0.2, 0.25) is 5.02 Å². The van der Waals surface area contributed by atoms with Crippen molar-refractivity contribution in [1.82, 2.24) is 0 Å². The molecule has 2 aromatic rings. The number of para-hydroxylation sites is 1. The fourth-order valence-electron chi connectivity index (χ4n) is 1.53. The highest BCUT2D eigenvalue weighted by Gasteiger charge is 2.27. The maximum absolute atomic E-state index is 12.9. The van der Waals surface area contributed by atoms with Crippen molar-refractivity contribution in [3.8, 4) is 5.75 Å². The molecule has 0 aliphatic carbocycles. The number of nitro benzene ring substituents is 1. The number of nitro groups is 1. The molecule has 0 unspecified atom stereocenters. The summed E-state index contributed by atoms with van der Waals surface area (Å²) in [6, 6.07) is 7.54. The molecule has 2 rings (SSSR count). The van der Waals surface area contributed by atoms with Gasteiger partial charge in [0.25, 0.3) is 5.69 Å². The van der Waals surface area contributed by atoms with Crippen LogP contribution in [-0.2, 0) is 10.1 Å². The van der Waals surface area contributed by atoms with Gasteiger partial charge in [-0.3, -0.25) is 10.1 Å². The van der Waals surface area contributed by atoms with E-state index in [0.29, 0.717) is 0 Å². The summed E-state index contributed by atoms with van der Waals surface area (Å²) in [5.74, 6) is -0.994. The largest absolute Gasteiger partial charge is 0.377 e. The molecule has 0 amide bonds. The van der Waals surface area contributed by atoms with Crippen LogP contribution in [-0.4, -0.2) is 13.3 Å². The normalized spacial score (nSPS) is 11.1. The molecular formula is C12H7ClFNO5S. The second kappa shape index (κ2) is 5.66. The van der Waals surface area contributed by atoms with Crippen LogP contribution in [0.4, 0.5) is 10.1 Å². The fourth-order valence-corrected chi connectivity index (χ4v) is 2.89. The van der Waals surface area contributed by atoms with Crippen molar-refractivity contribution in [3.05, 3.63) is 63.4 Å². The van der Waals surface area contributed by atoms with Gasteiger partial charge in [-0.15, -0.1) is 0 Å². The summed E-state index contributed by atoms with van der Waals surface area (Å²) in [5, 5.41) is 10.6. The third-order valence-electron chi connectivity index (χ3n) is 2.42. The van der Waals surface area contributed by atoms with E-state index in [9.17, 15) is 22.9 Å². The molecule has 0 radical (unpaired) electrons. The number of hydrogen-bond donors (Lipinski definition) is 0. The molecule has 9 heteroatoms. The van der Waals surface area contributed by atoms with Gasteiger partial charge in [0.15, 0.2) is 10.6 Å². The van der Waals surface area contributed by atoms with Gasteiger partial charge in [-0.25, -0.2) is 4.39 Å². The Labute approximate surface area is 124 Å². The highest BCUT2D eigenvalue weighted by Crippen LogP contribution is 2.30. The smallest absolute Gasteiger partial charge is 0.346 e. The molecule has 21 heavy (non-hydrogen) atoms. The maximum Gasteiger partial charge on any atom is 0.346 e. The molecule has 6 nitrogen and oxygen atoms in total. The minimum absolute atomic E-state index is 0.267.